The van der Waals surface area contributed by atoms with Crippen molar-refractivity contribution in [1.29, 1.82) is 0 Å². The number of carbonyl (C=O) groups excluding carboxylic acids is 1. The molecule has 1 aliphatic heterocycles. The van der Waals surface area contributed by atoms with Gasteiger partial charge in [0.05, 0.1) is 13.3 Å². The summed E-state index contributed by atoms with van der Waals surface area (Å²) in [6.45, 7) is 1.70. The van der Waals surface area contributed by atoms with Crippen LogP contribution in [-0.2, 0) is 7.05 Å². The van der Waals surface area contributed by atoms with Crippen molar-refractivity contribution < 1.29 is 9.53 Å². The molecule has 0 aliphatic carbocycles. The molecule has 2 aromatic heterocycles. The van der Waals surface area contributed by atoms with E-state index in [-0.39, 0.29) is 12.1 Å². The van der Waals surface area contributed by atoms with Gasteiger partial charge in [-0.15, -0.1) is 10.2 Å². The third-order valence-electron chi connectivity index (χ3n) is 5.01. The van der Waals surface area contributed by atoms with Gasteiger partial charge in [-0.2, -0.15) is 5.10 Å². The SMILES string of the molecule is COc1ccc(NC(=O)N(C)C[C@@H]2CCCN(C)[C@H]2c2cnn(C)c2)nn1. The van der Waals surface area contributed by atoms with Crippen LogP contribution in [0.5, 0.6) is 5.88 Å². The quantitative estimate of drug-likeness (QED) is 0.859. The minimum Gasteiger partial charge on any atom is -0.480 e. The summed E-state index contributed by atoms with van der Waals surface area (Å²) in [4.78, 5) is 16.6. The zero-order chi connectivity index (χ0) is 19.4. The Morgan fingerprint density at radius 3 is 2.81 bits per heavy atom. The summed E-state index contributed by atoms with van der Waals surface area (Å²) in [6, 6.07) is 3.39. The highest BCUT2D eigenvalue weighted by atomic mass is 16.5. The number of urea groups is 1. The van der Waals surface area contributed by atoms with Gasteiger partial charge < -0.3 is 9.64 Å². The maximum Gasteiger partial charge on any atom is 0.322 e. The van der Waals surface area contributed by atoms with E-state index in [1.807, 2.05) is 17.9 Å². The molecule has 3 rings (SSSR count). The number of piperidine rings is 1. The number of nitrogens with one attached hydrogen (secondary N) is 1. The third kappa shape index (κ3) is 4.54. The predicted octanol–water partition coefficient (Wildman–Crippen LogP) is 1.77. The van der Waals surface area contributed by atoms with Crippen LogP contribution >= 0.6 is 0 Å². The number of likely N-dealkylation sites (tertiary alicyclic amines) is 1. The van der Waals surface area contributed by atoms with Crippen LogP contribution in [-0.4, -0.2) is 70.1 Å². The first-order valence-corrected chi connectivity index (χ1v) is 9.06. The van der Waals surface area contributed by atoms with Crippen molar-refractivity contribution in [3.63, 3.8) is 0 Å². The van der Waals surface area contributed by atoms with Gasteiger partial charge in [-0.1, -0.05) is 0 Å². The van der Waals surface area contributed by atoms with E-state index in [0.717, 1.165) is 19.4 Å². The number of hydrogen-bond donors (Lipinski definition) is 1. The summed E-state index contributed by atoms with van der Waals surface area (Å²) in [6.07, 6.45) is 6.18. The van der Waals surface area contributed by atoms with E-state index in [0.29, 0.717) is 24.2 Å². The Morgan fingerprint density at radius 1 is 1.37 bits per heavy atom. The van der Waals surface area contributed by atoms with Crippen molar-refractivity contribution in [2.75, 3.05) is 39.6 Å². The second-order valence-electron chi connectivity index (χ2n) is 7.05. The monoisotopic (exact) mass is 373 g/mol. The lowest BCUT2D eigenvalue weighted by molar-refractivity contribution is 0.101. The lowest BCUT2D eigenvalue weighted by Gasteiger charge is -2.40. The van der Waals surface area contributed by atoms with Crippen LogP contribution in [0.15, 0.2) is 24.5 Å². The fourth-order valence-corrected chi connectivity index (χ4v) is 3.71. The topological polar surface area (TPSA) is 88.4 Å². The molecule has 0 spiro atoms. The van der Waals surface area contributed by atoms with Crippen molar-refractivity contribution in [2.45, 2.75) is 18.9 Å². The first-order valence-electron chi connectivity index (χ1n) is 9.06. The van der Waals surface area contributed by atoms with Gasteiger partial charge in [-0.05, 0) is 38.4 Å². The number of hydrogen-bond acceptors (Lipinski definition) is 6. The maximum absolute atomic E-state index is 12.6. The zero-order valence-electron chi connectivity index (χ0n) is 16.3. The molecule has 0 radical (unpaired) electrons. The average Bonchev–Trinajstić information content (AvgIpc) is 3.08. The number of aryl methyl sites for hydroxylation is 1. The van der Waals surface area contributed by atoms with Crippen LogP contribution in [0.4, 0.5) is 10.6 Å². The molecule has 1 fully saturated rings. The first-order chi connectivity index (χ1) is 13.0. The Bertz CT molecular complexity index is 761. The van der Waals surface area contributed by atoms with Crippen LogP contribution in [0, 0.1) is 5.92 Å². The van der Waals surface area contributed by atoms with Crippen molar-refractivity contribution >= 4 is 11.8 Å². The van der Waals surface area contributed by atoms with Gasteiger partial charge in [0.2, 0.25) is 5.88 Å². The molecule has 2 amide bonds. The smallest absolute Gasteiger partial charge is 0.322 e. The molecular formula is C18H27N7O2. The minimum atomic E-state index is -0.201. The Labute approximate surface area is 159 Å². The van der Waals surface area contributed by atoms with Crippen LogP contribution < -0.4 is 10.1 Å². The second kappa shape index (κ2) is 8.34. The van der Waals surface area contributed by atoms with Gasteiger partial charge in [0.25, 0.3) is 0 Å². The van der Waals surface area contributed by atoms with E-state index >= 15 is 0 Å². The molecule has 0 bridgehead atoms. The summed E-state index contributed by atoms with van der Waals surface area (Å²) in [5, 5.41) is 14.9. The molecule has 9 heteroatoms. The van der Waals surface area contributed by atoms with E-state index in [2.05, 4.69) is 38.8 Å². The summed E-state index contributed by atoms with van der Waals surface area (Å²) in [5.74, 6) is 1.15. The molecule has 27 heavy (non-hydrogen) atoms. The Morgan fingerprint density at radius 2 is 2.19 bits per heavy atom. The van der Waals surface area contributed by atoms with Crippen LogP contribution in [0.3, 0.4) is 0 Å². The number of anilines is 1. The highest BCUT2D eigenvalue weighted by Gasteiger charge is 2.32. The van der Waals surface area contributed by atoms with Gasteiger partial charge in [0, 0.05) is 44.5 Å². The summed E-state index contributed by atoms with van der Waals surface area (Å²) in [7, 11) is 7.39. The van der Waals surface area contributed by atoms with E-state index in [1.165, 1.54) is 12.7 Å². The molecule has 2 aromatic rings. The summed E-state index contributed by atoms with van der Waals surface area (Å²) in [5.41, 5.74) is 1.19. The average molecular weight is 373 g/mol. The highest BCUT2D eigenvalue weighted by Crippen LogP contribution is 2.35. The Kier molecular flexibility index (Phi) is 5.90. The van der Waals surface area contributed by atoms with Gasteiger partial charge in [0.15, 0.2) is 5.82 Å². The van der Waals surface area contributed by atoms with Crippen LogP contribution in [0.1, 0.15) is 24.4 Å². The standard InChI is InChI=1S/C18H27N7O2/c1-23-9-5-6-13(17(23)14-10-19-25(3)12-14)11-24(2)18(26)20-15-7-8-16(27-4)22-21-15/h7-8,10,12-13,17H,5-6,9,11H2,1-4H3,(H,20,21,26)/t13-,17+/m0/s1. The second-order valence-corrected chi connectivity index (χ2v) is 7.05. The number of aromatic nitrogens is 4. The minimum absolute atomic E-state index is 0.201. The molecule has 0 saturated carbocycles. The van der Waals surface area contributed by atoms with E-state index in [1.54, 1.807) is 24.1 Å². The maximum atomic E-state index is 12.6. The fourth-order valence-electron chi connectivity index (χ4n) is 3.71. The van der Waals surface area contributed by atoms with Gasteiger partial charge in [-0.25, -0.2) is 4.79 Å². The van der Waals surface area contributed by atoms with E-state index < -0.39 is 0 Å². The Hall–Kier alpha value is -2.68. The normalized spacial score (nSPS) is 20.3. The Balaban J connectivity index is 1.65. The molecule has 1 N–H and O–H groups in total. The van der Waals surface area contributed by atoms with Crippen LogP contribution in [0.2, 0.25) is 0 Å². The van der Waals surface area contributed by atoms with E-state index in [4.69, 9.17) is 4.74 Å². The van der Waals surface area contributed by atoms with E-state index in [9.17, 15) is 4.79 Å². The van der Waals surface area contributed by atoms with Crippen molar-refractivity contribution in [1.82, 2.24) is 29.8 Å². The lowest BCUT2D eigenvalue weighted by Crippen LogP contribution is -2.43. The molecule has 2 atom stereocenters. The highest BCUT2D eigenvalue weighted by molar-refractivity contribution is 5.88. The molecular weight excluding hydrogens is 346 g/mol. The number of nitrogens with zero attached hydrogens (tertiary/aromatic N) is 6. The lowest BCUT2D eigenvalue weighted by atomic mass is 9.86. The largest absolute Gasteiger partial charge is 0.480 e. The molecule has 1 saturated heterocycles. The molecule has 0 aromatic carbocycles. The number of rotatable bonds is 5. The molecule has 0 unspecified atom stereocenters. The fraction of sp³-hybridized carbons (Fsp3) is 0.556. The molecule has 146 valence electrons. The van der Waals surface area contributed by atoms with Crippen LogP contribution in [0.25, 0.3) is 0 Å². The van der Waals surface area contributed by atoms with Gasteiger partial charge in [0.1, 0.15) is 0 Å². The molecule has 3 heterocycles. The zero-order valence-corrected chi connectivity index (χ0v) is 16.3. The number of methoxy groups -OCH3 is 1. The summed E-state index contributed by atoms with van der Waals surface area (Å²) >= 11 is 0. The van der Waals surface area contributed by atoms with Crippen molar-refractivity contribution in [3.05, 3.63) is 30.1 Å². The van der Waals surface area contributed by atoms with Gasteiger partial charge in [-0.3, -0.25) is 14.9 Å². The molecule has 1 aliphatic rings. The summed E-state index contributed by atoms with van der Waals surface area (Å²) < 4.78 is 6.81. The first kappa shape index (κ1) is 19.1. The number of ether oxygens (including phenoxy) is 1. The van der Waals surface area contributed by atoms with Crippen molar-refractivity contribution in [3.8, 4) is 5.88 Å². The molecule has 9 nitrogen and oxygen atoms in total. The third-order valence-corrected chi connectivity index (χ3v) is 5.01. The van der Waals surface area contributed by atoms with Crippen molar-refractivity contribution in [2.24, 2.45) is 13.0 Å². The number of carbonyl (C=O) groups is 1. The predicted molar refractivity (Wildman–Crippen MR) is 102 cm³/mol. The van der Waals surface area contributed by atoms with Gasteiger partial charge >= 0.3 is 6.03 Å². The number of amides is 2.